The van der Waals surface area contributed by atoms with Gasteiger partial charge < -0.3 is 0 Å². The predicted molar refractivity (Wildman–Crippen MR) is 54.7 cm³/mol. The lowest BCUT2D eigenvalue weighted by atomic mass is 9.83. The number of nitriles is 1. The van der Waals surface area contributed by atoms with Crippen LogP contribution in [-0.4, -0.2) is 6.18 Å². The first kappa shape index (κ1) is 12.6. The molecule has 0 bridgehead atoms. The van der Waals surface area contributed by atoms with Crippen molar-refractivity contribution in [2.75, 3.05) is 0 Å². The van der Waals surface area contributed by atoms with Gasteiger partial charge in [0.25, 0.3) is 0 Å². The third kappa shape index (κ3) is 2.35. The van der Waals surface area contributed by atoms with Crippen molar-refractivity contribution >= 4 is 0 Å². The van der Waals surface area contributed by atoms with Crippen molar-refractivity contribution in [3.8, 4) is 6.07 Å². The standard InChI is InChI=1S/C12H12F3N/c1-9-5-3-4-6-10(9)7-11(2,8-16)12(13,14)15/h3-6H,7H2,1-2H3. The highest BCUT2D eigenvalue weighted by molar-refractivity contribution is 5.28. The highest BCUT2D eigenvalue weighted by Crippen LogP contribution is 2.40. The number of alkyl halides is 3. The Morgan fingerprint density at radius 3 is 2.25 bits per heavy atom. The van der Waals surface area contributed by atoms with Crippen molar-refractivity contribution in [3.63, 3.8) is 0 Å². The first-order chi connectivity index (χ1) is 7.30. The Bertz CT molecular complexity index is 417. The molecule has 0 aliphatic carbocycles. The Balaban J connectivity index is 3.05. The van der Waals surface area contributed by atoms with E-state index in [-0.39, 0.29) is 6.42 Å². The van der Waals surface area contributed by atoms with Gasteiger partial charge >= 0.3 is 6.18 Å². The van der Waals surface area contributed by atoms with E-state index in [0.717, 1.165) is 12.5 Å². The number of aryl methyl sites for hydroxylation is 1. The second kappa shape index (κ2) is 4.17. The minimum absolute atomic E-state index is 0.306. The van der Waals surface area contributed by atoms with Gasteiger partial charge in [-0.25, -0.2) is 0 Å². The van der Waals surface area contributed by atoms with Crippen LogP contribution in [0.25, 0.3) is 0 Å². The highest BCUT2D eigenvalue weighted by atomic mass is 19.4. The van der Waals surface area contributed by atoms with Crippen LogP contribution in [0, 0.1) is 23.7 Å². The SMILES string of the molecule is Cc1ccccc1CC(C)(C#N)C(F)(F)F. The molecule has 0 aliphatic heterocycles. The Labute approximate surface area is 92.5 Å². The number of hydrogen-bond donors (Lipinski definition) is 0. The van der Waals surface area contributed by atoms with Crippen LogP contribution in [0.15, 0.2) is 24.3 Å². The molecule has 0 amide bonds. The molecule has 0 aliphatic rings. The van der Waals surface area contributed by atoms with Gasteiger partial charge in [0.2, 0.25) is 0 Å². The van der Waals surface area contributed by atoms with Gasteiger partial charge in [0.05, 0.1) is 6.07 Å². The molecule has 1 nitrogen and oxygen atoms in total. The molecule has 4 heteroatoms. The zero-order chi connectivity index (χ0) is 12.4. The van der Waals surface area contributed by atoms with E-state index >= 15 is 0 Å². The molecule has 1 atom stereocenters. The van der Waals surface area contributed by atoms with Gasteiger partial charge in [-0.1, -0.05) is 24.3 Å². The van der Waals surface area contributed by atoms with Crippen molar-refractivity contribution < 1.29 is 13.2 Å². The maximum Gasteiger partial charge on any atom is 0.407 e. The van der Waals surface area contributed by atoms with Crippen LogP contribution in [0.5, 0.6) is 0 Å². The first-order valence-corrected chi connectivity index (χ1v) is 4.83. The van der Waals surface area contributed by atoms with Crippen molar-refractivity contribution in [3.05, 3.63) is 35.4 Å². The zero-order valence-electron chi connectivity index (χ0n) is 9.10. The van der Waals surface area contributed by atoms with E-state index in [2.05, 4.69) is 0 Å². The number of nitrogens with zero attached hydrogens (tertiary/aromatic N) is 1. The molecule has 16 heavy (non-hydrogen) atoms. The lowest BCUT2D eigenvalue weighted by molar-refractivity contribution is -0.196. The molecule has 0 aromatic heterocycles. The molecule has 1 aromatic carbocycles. The number of halogens is 3. The average Bonchev–Trinajstić information content (AvgIpc) is 2.19. The second-order valence-electron chi connectivity index (χ2n) is 4.04. The molecule has 0 radical (unpaired) electrons. The van der Waals surface area contributed by atoms with Crippen LogP contribution < -0.4 is 0 Å². The maximum atomic E-state index is 12.7. The normalized spacial score (nSPS) is 15.2. The third-order valence-corrected chi connectivity index (χ3v) is 2.68. The Kier molecular flexibility index (Phi) is 3.27. The van der Waals surface area contributed by atoms with Crippen LogP contribution in [0.3, 0.4) is 0 Å². The molecule has 1 unspecified atom stereocenters. The van der Waals surface area contributed by atoms with Crippen molar-refractivity contribution in [1.29, 1.82) is 5.26 Å². The van der Waals surface area contributed by atoms with Crippen molar-refractivity contribution in [2.45, 2.75) is 26.4 Å². The molecular weight excluding hydrogens is 215 g/mol. The lowest BCUT2D eigenvalue weighted by Crippen LogP contribution is -2.35. The van der Waals surface area contributed by atoms with Crippen LogP contribution >= 0.6 is 0 Å². The fraction of sp³-hybridized carbons (Fsp3) is 0.417. The van der Waals surface area contributed by atoms with Gasteiger partial charge in [0, 0.05) is 0 Å². The number of benzene rings is 1. The summed E-state index contributed by atoms with van der Waals surface area (Å²) in [6, 6.07) is 8.17. The van der Waals surface area contributed by atoms with Crippen LogP contribution in [0.4, 0.5) is 13.2 Å². The monoisotopic (exact) mass is 227 g/mol. The number of rotatable bonds is 2. The quantitative estimate of drug-likeness (QED) is 0.756. The van der Waals surface area contributed by atoms with Gasteiger partial charge in [-0.2, -0.15) is 18.4 Å². The summed E-state index contributed by atoms with van der Waals surface area (Å²) in [5.41, 5.74) is -0.990. The van der Waals surface area contributed by atoms with Gasteiger partial charge in [0.15, 0.2) is 5.41 Å². The maximum absolute atomic E-state index is 12.7. The molecule has 0 saturated heterocycles. The summed E-state index contributed by atoms with van der Waals surface area (Å²) < 4.78 is 38.1. The molecule has 86 valence electrons. The minimum Gasteiger partial charge on any atom is -0.197 e. The van der Waals surface area contributed by atoms with Crippen molar-refractivity contribution in [2.24, 2.45) is 5.41 Å². The Morgan fingerprint density at radius 1 is 1.25 bits per heavy atom. The first-order valence-electron chi connectivity index (χ1n) is 4.83. The van der Waals surface area contributed by atoms with E-state index in [9.17, 15) is 13.2 Å². The lowest BCUT2D eigenvalue weighted by Gasteiger charge is -2.25. The van der Waals surface area contributed by atoms with E-state index in [4.69, 9.17) is 5.26 Å². The largest absolute Gasteiger partial charge is 0.407 e. The summed E-state index contributed by atoms with van der Waals surface area (Å²) in [5, 5.41) is 8.70. The van der Waals surface area contributed by atoms with Gasteiger partial charge in [0.1, 0.15) is 0 Å². The van der Waals surface area contributed by atoms with Gasteiger partial charge in [-0.15, -0.1) is 0 Å². The van der Waals surface area contributed by atoms with Gasteiger partial charge in [-0.3, -0.25) is 0 Å². The summed E-state index contributed by atoms with van der Waals surface area (Å²) in [6.45, 7) is 2.67. The molecule has 0 fully saturated rings. The summed E-state index contributed by atoms with van der Waals surface area (Å²) in [7, 11) is 0. The summed E-state index contributed by atoms with van der Waals surface area (Å²) in [6.07, 6.45) is -4.82. The fourth-order valence-corrected chi connectivity index (χ4v) is 1.39. The number of hydrogen-bond acceptors (Lipinski definition) is 1. The van der Waals surface area contributed by atoms with E-state index in [1.165, 1.54) is 6.07 Å². The summed E-state index contributed by atoms with van der Waals surface area (Å²) in [4.78, 5) is 0. The molecule has 1 rings (SSSR count). The molecular formula is C12H12F3N. The van der Waals surface area contributed by atoms with Crippen LogP contribution in [-0.2, 0) is 6.42 Å². The smallest absolute Gasteiger partial charge is 0.197 e. The summed E-state index contributed by atoms with van der Waals surface area (Å²) in [5.74, 6) is 0. The Morgan fingerprint density at radius 2 is 1.81 bits per heavy atom. The molecule has 0 spiro atoms. The molecule has 0 N–H and O–H groups in total. The van der Waals surface area contributed by atoms with E-state index < -0.39 is 11.6 Å². The molecule has 0 saturated carbocycles. The summed E-state index contributed by atoms with van der Waals surface area (Å²) >= 11 is 0. The van der Waals surface area contributed by atoms with Crippen LogP contribution in [0.1, 0.15) is 18.1 Å². The van der Waals surface area contributed by atoms with E-state index in [1.54, 1.807) is 31.2 Å². The third-order valence-electron chi connectivity index (χ3n) is 2.68. The highest BCUT2D eigenvalue weighted by Gasteiger charge is 2.51. The Hall–Kier alpha value is -1.50. The van der Waals surface area contributed by atoms with Gasteiger partial charge in [-0.05, 0) is 31.4 Å². The fourth-order valence-electron chi connectivity index (χ4n) is 1.39. The van der Waals surface area contributed by atoms with E-state index in [1.807, 2.05) is 0 Å². The molecule has 1 aromatic rings. The minimum atomic E-state index is -4.51. The van der Waals surface area contributed by atoms with E-state index in [0.29, 0.717) is 5.56 Å². The predicted octanol–water partition coefficient (Wildman–Crippen LogP) is 3.63. The van der Waals surface area contributed by atoms with Crippen LogP contribution in [0.2, 0.25) is 0 Å². The second-order valence-corrected chi connectivity index (χ2v) is 4.04. The average molecular weight is 227 g/mol. The topological polar surface area (TPSA) is 23.8 Å². The van der Waals surface area contributed by atoms with Crippen molar-refractivity contribution in [1.82, 2.24) is 0 Å². The molecule has 0 heterocycles. The zero-order valence-corrected chi connectivity index (χ0v) is 9.10.